The van der Waals surface area contributed by atoms with Gasteiger partial charge in [-0.2, -0.15) is 0 Å². The third-order valence-corrected chi connectivity index (χ3v) is 3.52. The van der Waals surface area contributed by atoms with Gasteiger partial charge in [-0.3, -0.25) is 4.79 Å². The predicted octanol–water partition coefficient (Wildman–Crippen LogP) is 1.76. The summed E-state index contributed by atoms with van der Waals surface area (Å²) in [6.07, 6.45) is 0.912. The molecule has 0 radical (unpaired) electrons. The van der Waals surface area contributed by atoms with E-state index in [0.717, 1.165) is 24.5 Å². The van der Waals surface area contributed by atoms with E-state index >= 15 is 0 Å². The van der Waals surface area contributed by atoms with Gasteiger partial charge >= 0.3 is 0 Å². The van der Waals surface area contributed by atoms with Crippen LogP contribution in [0.4, 0.5) is 0 Å². The van der Waals surface area contributed by atoms with Gasteiger partial charge in [-0.1, -0.05) is 0 Å². The molecule has 3 nitrogen and oxygen atoms in total. The van der Waals surface area contributed by atoms with Crippen molar-refractivity contribution in [1.29, 1.82) is 0 Å². The summed E-state index contributed by atoms with van der Waals surface area (Å²) in [5, 5.41) is 0. The van der Waals surface area contributed by atoms with E-state index in [1.54, 1.807) is 23.8 Å². The molecule has 0 saturated carbocycles. The number of hydrogen-bond acceptors (Lipinski definition) is 3. The Morgan fingerprint density at radius 3 is 3.13 bits per heavy atom. The van der Waals surface area contributed by atoms with Crippen LogP contribution >= 0.6 is 11.8 Å². The van der Waals surface area contributed by atoms with Crippen LogP contribution < -0.4 is 4.74 Å². The van der Waals surface area contributed by atoms with Gasteiger partial charge in [0.25, 0.3) is 0 Å². The van der Waals surface area contributed by atoms with Gasteiger partial charge in [-0.25, -0.2) is 0 Å². The Kier molecular flexibility index (Phi) is 3.16. The average molecular weight is 223 g/mol. The van der Waals surface area contributed by atoms with E-state index in [-0.39, 0.29) is 0 Å². The lowest BCUT2D eigenvalue weighted by Gasteiger charge is -2.14. The number of ether oxygens (including phenoxy) is 1. The summed E-state index contributed by atoms with van der Waals surface area (Å²) in [7, 11) is 1.66. The molecule has 0 aromatic heterocycles. The van der Waals surface area contributed by atoms with Crippen LogP contribution in [0.5, 0.6) is 5.75 Å². The highest BCUT2D eigenvalue weighted by Crippen LogP contribution is 2.29. The van der Waals surface area contributed by atoms with E-state index in [2.05, 4.69) is 6.07 Å². The number of rotatable bonds is 2. The number of nitrogens with zero attached hydrogens (tertiary/aromatic N) is 1. The Balaban J connectivity index is 2.31. The molecule has 1 aromatic rings. The standard InChI is InChI=1S/C11H13NO2S/c1-14-10-2-3-11-9(6-10)7-12(8-13)4-5-15-11/h2-3,6,8H,4-5,7H2,1H3. The molecule has 0 aliphatic carbocycles. The van der Waals surface area contributed by atoms with Crippen molar-refractivity contribution in [2.75, 3.05) is 19.4 Å². The van der Waals surface area contributed by atoms with Crippen molar-refractivity contribution in [3.05, 3.63) is 23.8 Å². The zero-order chi connectivity index (χ0) is 10.7. The number of carbonyl (C=O) groups is 1. The minimum Gasteiger partial charge on any atom is -0.497 e. The first kappa shape index (κ1) is 10.4. The molecule has 0 unspecified atom stereocenters. The van der Waals surface area contributed by atoms with E-state index in [4.69, 9.17) is 4.74 Å². The van der Waals surface area contributed by atoms with Gasteiger partial charge in [0.2, 0.25) is 6.41 Å². The van der Waals surface area contributed by atoms with Crippen molar-refractivity contribution >= 4 is 18.2 Å². The SMILES string of the molecule is COc1ccc2c(c1)CN(C=O)CCS2. The van der Waals surface area contributed by atoms with Crippen molar-refractivity contribution in [3.63, 3.8) is 0 Å². The lowest BCUT2D eigenvalue weighted by molar-refractivity contribution is -0.118. The van der Waals surface area contributed by atoms with Crippen molar-refractivity contribution in [2.24, 2.45) is 0 Å². The summed E-state index contributed by atoms with van der Waals surface area (Å²) in [6, 6.07) is 6.03. The number of carbonyl (C=O) groups excluding carboxylic acids is 1. The molecule has 1 aliphatic heterocycles. The van der Waals surface area contributed by atoms with Gasteiger partial charge in [0, 0.05) is 23.7 Å². The Bertz CT molecular complexity index is 368. The van der Waals surface area contributed by atoms with Gasteiger partial charge in [0.05, 0.1) is 7.11 Å². The Hall–Kier alpha value is -1.16. The Morgan fingerprint density at radius 1 is 1.53 bits per heavy atom. The first-order valence-corrected chi connectivity index (χ1v) is 5.81. The summed E-state index contributed by atoms with van der Waals surface area (Å²) in [6.45, 7) is 1.49. The van der Waals surface area contributed by atoms with Gasteiger partial charge in [0.1, 0.15) is 5.75 Å². The Morgan fingerprint density at radius 2 is 2.40 bits per heavy atom. The molecule has 0 spiro atoms. The largest absolute Gasteiger partial charge is 0.497 e. The van der Waals surface area contributed by atoms with E-state index in [1.807, 2.05) is 12.1 Å². The number of benzene rings is 1. The van der Waals surface area contributed by atoms with Crippen molar-refractivity contribution in [3.8, 4) is 5.75 Å². The second kappa shape index (κ2) is 4.57. The summed E-state index contributed by atoms with van der Waals surface area (Å²) in [5.41, 5.74) is 1.17. The summed E-state index contributed by atoms with van der Waals surface area (Å²) >= 11 is 1.79. The molecule has 1 heterocycles. The molecular weight excluding hydrogens is 210 g/mol. The highest BCUT2D eigenvalue weighted by Gasteiger charge is 2.13. The third-order valence-electron chi connectivity index (χ3n) is 2.43. The molecule has 80 valence electrons. The maximum absolute atomic E-state index is 10.8. The molecule has 0 atom stereocenters. The van der Waals surface area contributed by atoms with Crippen LogP contribution in [0.3, 0.4) is 0 Å². The van der Waals surface area contributed by atoms with Crippen molar-refractivity contribution < 1.29 is 9.53 Å². The summed E-state index contributed by atoms with van der Waals surface area (Å²) < 4.78 is 5.17. The predicted molar refractivity (Wildman–Crippen MR) is 60.2 cm³/mol. The van der Waals surface area contributed by atoms with Crippen LogP contribution in [0.15, 0.2) is 23.1 Å². The van der Waals surface area contributed by atoms with Crippen LogP contribution in [0, 0.1) is 0 Å². The zero-order valence-electron chi connectivity index (χ0n) is 8.60. The normalized spacial score (nSPS) is 15.4. The second-order valence-electron chi connectivity index (χ2n) is 3.40. The lowest BCUT2D eigenvalue weighted by Crippen LogP contribution is -2.22. The quantitative estimate of drug-likeness (QED) is 0.715. The highest BCUT2D eigenvalue weighted by atomic mass is 32.2. The zero-order valence-corrected chi connectivity index (χ0v) is 9.42. The fourth-order valence-electron chi connectivity index (χ4n) is 1.61. The fourth-order valence-corrected chi connectivity index (χ4v) is 2.63. The molecule has 1 aliphatic rings. The molecule has 0 bridgehead atoms. The van der Waals surface area contributed by atoms with Gasteiger partial charge in [0.15, 0.2) is 0 Å². The summed E-state index contributed by atoms with van der Waals surface area (Å²) in [4.78, 5) is 13.8. The molecule has 0 fully saturated rings. The molecule has 15 heavy (non-hydrogen) atoms. The monoisotopic (exact) mass is 223 g/mol. The molecule has 2 rings (SSSR count). The van der Waals surface area contributed by atoms with E-state index in [1.165, 1.54) is 10.5 Å². The van der Waals surface area contributed by atoms with Crippen LogP contribution in [0.25, 0.3) is 0 Å². The fraction of sp³-hybridized carbons (Fsp3) is 0.364. The molecule has 1 amide bonds. The van der Waals surface area contributed by atoms with Crippen LogP contribution in [-0.2, 0) is 11.3 Å². The number of amides is 1. The average Bonchev–Trinajstić information content (AvgIpc) is 2.49. The van der Waals surface area contributed by atoms with Gasteiger partial charge < -0.3 is 9.64 Å². The van der Waals surface area contributed by atoms with Crippen molar-refractivity contribution in [2.45, 2.75) is 11.4 Å². The topological polar surface area (TPSA) is 29.5 Å². The number of hydrogen-bond donors (Lipinski definition) is 0. The smallest absolute Gasteiger partial charge is 0.210 e. The molecule has 0 saturated heterocycles. The number of thioether (sulfide) groups is 1. The van der Waals surface area contributed by atoms with Crippen LogP contribution in [0.1, 0.15) is 5.56 Å². The molecule has 1 aromatic carbocycles. The third kappa shape index (κ3) is 2.26. The molecule has 4 heteroatoms. The molecule has 0 N–H and O–H groups in total. The molecular formula is C11H13NO2S. The van der Waals surface area contributed by atoms with Crippen LogP contribution in [0.2, 0.25) is 0 Å². The number of methoxy groups -OCH3 is 1. The highest BCUT2D eigenvalue weighted by molar-refractivity contribution is 7.99. The second-order valence-corrected chi connectivity index (χ2v) is 4.53. The maximum Gasteiger partial charge on any atom is 0.210 e. The van der Waals surface area contributed by atoms with Crippen LogP contribution in [-0.4, -0.2) is 30.7 Å². The van der Waals surface area contributed by atoms with Crippen molar-refractivity contribution in [1.82, 2.24) is 4.90 Å². The Labute approximate surface area is 93.4 Å². The van der Waals surface area contributed by atoms with E-state index < -0.39 is 0 Å². The van der Waals surface area contributed by atoms with E-state index in [0.29, 0.717) is 6.54 Å². The summed E-state index contributed by atoms with van der Waals surface area (Å²) in [5.74, 6) is 1.81. The maximum atomic E-state index is 10.8. The minimum absolute atomic E-state index is 0.684. The lowest BCUT2D eigenvalue weighted by atomic mass is 10.2. The van der Waals surface area contributed by atoms with E-state index in [9.17, 15) is 4.79 Å². The van der Waals surface area contributed by atoms with Gasteiger partial charge in [-0.05, 0) is 23.8 Å². The van der Waals surface area contributed by atoms with Gasteiger partial charge in [-0.15, -0.1) is 11.8 Å². The first-order valence-electron chi connectivity index (χ1n) is 4.82. The first-order chi connectivity index (χ1) is 7.33. The minimum atomic E-state index is 0.684. The number of fused-ring (bicyclic) bond motifs is 1.